The first-order chi connectivity index (χ1) is 26.6. The summed E-state index contributed by atoms with van der Waals surface area (Å²) in [6.07, 6.45) is 37.5. The Hall–Kier alpha value is -2.37. The summed E-state index contributed by atoms with van der Waals surface area (Å²) >= 11 is 0. The highest BCUT2D eigenvalue weighted by atomic mass is 31.2. The van der Waals surface area contributed by atoms with Gasteiger partial charge in [0.1, 0.15) is 6.61 Å². The van der Waals surface area contributed by atoms with Crippen LogP contribution in [0, 0.1) is 0 Å². The molecule has 318 valence electrons. The summed E-state index contributed by atoms with van der Waals surface area (Å²) in [4.78, 5) is 34.8. The first kappa shape index (κ1) is 52.6. The molecule has 0 radical (unpaired) electrons. The average Bonchev–Trinajstić information content (AvgIpc) is 3.16. The molecule has 0 aliphatic rings. The Labute approximate surface area is 333 Å². The number of esters is 2. The third-order valence-electron chi connectivity index (χ3n) is 8.58. The fourth-order valence-corrected chi connectivity index (χ4v) is 6.14. The van der Waals surface area contributed by atoms with Crippen LogP contribution in [0.5, 0.6) is 0 Å². The van der Waals surface area contributed by atoms with Gasteiger partial charge in [-0.3, -0.25) is 18.6 Å². The number of hydrogen-bond donors (Lipinski definition) is 4. The maximum absolute atomic E-state index is 12.6. The van der Waals surface area contributed by atoms with Gasteiger partial charge in [0.25, 0.3) is 0 Å². The van der Waals surface area contributed by atoms with Gasteiger partial charge in [-0.05, 0) is 57.8 Å². The molecule has 1 unspecified atom stereocenters. The smallest absolute Gasteiger partial charge is 0.462 e. The van der Waals surface area contributed by atoms with Crippen molar-refractivity contribution >= 4 is 19.8 Å². The number of carbonyl (C=O) groups is 2. The fourth-order valence-electron chi connectivity index (χ4n) is 5.37. The molecule has 0 saturated heterocycles. The van der Waals surface area contributed by atoms with Crippen molar-refractivity contribution < 1.29 is 47.8 Å². The van der Waals surface area contributed by atoms with Gasteiger partial charge in [-0.1, -0.05) is 145 Å². The Balaban J connectivity index is 4.44. The SMILES string of the molecule is CCCCCCCC/C=C\CCCCCCCC(=O)O[C@H](COC(=O)CCC[C@@H](O)/C=C/C=C\C/C=C\C=C\[C@@H](O)CCCCC)COP(=O)(O)OCCN. The van der Waals surface area contributed by atoms with Crippen LogP contribution in [0.3, 0.4) is 0 Å². The molecule has 0 saturated carbocycles. The van der Waals surface area contributed by atoms with Crippen LogP contribution < -0.4 is 5.73 Å². The normalized spacial score (nSPS) is 15.1. The number of hydrogen-bond acceptors (Lipinski definition) is 10. The molecule has 55 heavy (non-hydrogen) atoms. The van der Waals surface area contributed by atoms with Gasteiger partial charge in [0, 0.05) is 19.4 Å². The van der Waals surface area contributed by atoms with E-state index >= 15 is 0 Å². The molecule has 0 aromatic carbocycles. The minimum atomic E-state index is -4.43. The minimum Gasteiger partial charge on any atom is -0.462 e. The number of nitrogens with two attached hydrogens (primary N) is 1. The number of ether oxygens (including phenoxy) is 2. The van der Waals surface area contributed by atoms with E-state index in [1.54, 1.807) is 18.2 Å². The maximum atomic E-state index is 12.6. The quantitative estimate of drug-likeness (QED) is 0.0154. The van der Waals surface area contributed by atoms with Crippen LogP contribution in [-0.2, 0) is 32.7 Å². The lowest BCUT2D eigenvalue weighted by Crippen LogP contribution is -2.29. The summed E-state index contributed by atoms with van der Waals surface area (Å²) in [5.41, 5.74) is 5.33. The van der Waals surface area contributed by atoms with Crippen molar-refractivity contribution in [3.8, 4) is 0 Å². The Morgan fingerprint density at radius 3 is 1.76 bits per heavy atom. The number of rotatable bonds is 38. The van der Waals surface area contributed by atoms with Crippen molar-refractivity contribution in [2.24, 2.45) is 5.73 Å². The van der Waals surface area contributed by atoms with E-state index in [1.807, 2.05) is 30.4 Å². The lowest BCUT2D eigenvalue weighted by atomic mass is 10.1. The molecular formula is C43H76NO10P. The Morgan fingerprint density at radius 2 is 1.16 bits per heavy atom. The number of unbranched alkanes of at least 4 members (excludes halogenated alkanes) is 13. The highest BCUT2D eigenvalue weighted by molar-refractivity contribution is 7.47. The van der Waals surface area contributed by atoms with E-state index < -0.39 is 44.7 Å². The summed E-state index contributed by atoms with van der Waals surface area (Å²) in [6, 6.07) is 0. The summed E-state index contributed by atoms with van der Waals surface area (Å²) in [6.45, 7) is 3.34. The average molecular weight is 798 g/mol. The second kappa shape index (κ2) is 38.5. The molecule has 0 aliphatic carbocycles. The van der Waals surface area contributed by atoms with E-state index in [-0.39, 0.29) is 32.6 Å². The van der Waals surface area contributed by atoms with Gasteiger partial charge in [0.15, 0.2) is 6.10 Å². The maximum Gasteiger partial charge on any atom is 0.472 e. The van der Waals surface area contributed by atoms with Crippen molar-refractivity contribution in [2.45, 2.75) is 173 Å². The third kappa shape index (κ3) is 38.3. The lowest BCUT2D eigenvalue weighted by Gasteiger charge is -2.20. The molecule has 0 aromatic heterocycles. The molecule has 12 heteroatoms. The molecule has 0 fully saturated rings. The number of aliphatic hydroxyl groups excluding tert-OH is 2. The third-order valence-corrected chi connectivity index (χ3v) is 9.57. The summed E-state index contributed by atoms with van der Waals surface area (Å²) in [5, 5.41) is 20.1. The van der Waals surface area contributed by atoms with Gasteiger partial charge in [-0.2, -0.15) is 0 Å². The first-order valence-corrected chi connectivity index (χ1v) is 22.5. The monoisotopic (exact) mass is 798 g/mol. The highest BCUT2D eigenvalue weighted by Gasteiger charge is 2.26. The predicted molar refractivity (Wildman–Crippen MR) is 222 cm³/mol. The summed E-state index contributed by atoms with van der Waals surface area (Å²) < 4.78 is 32.6. The molecule has 11 nitrogen and oxygen atoms in total. The number of phosphoric acid groups is 1. The van der Waals surface area contributed by atoms with Crippen LogP contribution in [0.15, 0.2) is 60.8 Å². The van der Waals surface area contributed by atoms with Crippen LogP contribution in [0.1, 0.15) is 155 Å². The number of phosphoric ester groups is 1. The molecule has 0 aliphatic heterocycles. The second-order valence-corrected chi connectivity index (χ2v) is 15.4. The molecule has 0 rings (SSSR count). The molecule has 0 bridgehead atoms. The second-order valence-electron chi connectivity index (χ2n) is 13.9. The number of aliphatic hydroxyl groups is 2. The van der Waals surface area contributed by atoms with Crippen LogP contribution in [0.25, 0.3) is 0 Å². The van der Waals surface area contributed by atoms with Gasteiger partial charge in [0.05, 0.1) is 25.4 Å². The number of allylic oxidation sites excluding steroid dienone is 8. The zero-order chi connectivity index (χ0) is 40.7. The van der Waals surface area contributed by atoms with Crippen LogP contribution in [-0.4, -0.2) is 71.7 Å². The molecule has 0 amide bonds. The van der Waals surface area contributed by atoms with Crippen molar-refractivity contribution in [3.63, 3.8) is 0 Å². The minimum absolute atomic E-state index is 0.0170. The Kier molecular flexibility index (Phi) is 36.8. The van der Waals surface area contributed by atoms with Crippen LogP contribution >= 0.6 is 7.82 Å². The lowest BCUT2D eigenvalue weighted by molar-refractivity contribution is -0.161. The zero-order valence-electron chi connectivity index (χ0n) is 34.1. The van der Waals surface area contributed by atoms with Crippen molar-refractivity contribution in [3.05, 3.63) is 60.8 Å². The van der Waals surface area contributed by atoms with Crippen molar-refractivity contribution in [1.82, 2.24) is 0 Å². The molecule has 0 spiro atoms. The largest absolute Gasteiger partial charge is 0.472 e. The van der Waals surface area contributed by atoms with Gasteiger partial charge in [-0.25, -0.2) is 4.57 Å². The summed E-state index contributed by atoms with van der Waals surface area (Å²) in [7, 11) is -4.43. The highest BCUT2D eigenvalue weighted by Crippen LogP contribution is 2.43. The molecule has 5 N–H and O–H groups in total. The van der Waals surface area contributed by atoms with Gasteiger partial charge >= 0.3 is 19.8 Å². The predicted octanol–water partition coefficient (Wildman–Crippen LogP) is 9.66. The topological polar surface area (TPSA) is 175 Å². The molecule has 4 atom stereocenters. The molecule has 0 aromatic rings. The fraction of sp³-hybridized carbons (Fsp3) is 0.721. The van der Waals surface area contributed by atoms with E-state index in [0.29, 0.717) is 25.7 Å². The van der Waals surface area contributed by atoms with Gasteiger partial charge in [-0.15, -0.1) is 0 Å². The van der Waals surface area contributed by atoms with Crippen LogP contribution in [0.2, 0.25) is 0 Å². The van der Waals surface area contributed by atoms with E-state index in [1.165, 1.54) is 38.5 Å². The summed E-state index contributed by atoms with van der Waals surface area (Å²) in [5.74, 6) is -1.07. The van der Waals surface area contributed by atoms with Crippen LogP contribution in [0.4, 0.5) is 0 Å². The first-order valence-electron chi connectivity index (χ1n) is 21.0. The van der Waals surface area contributed by atoms with E-state index in [0.717, 1.165) is 64.2 Å². The molecule has 0 heterocycles. The Morgan fingerprint density at radius 1 is 0.636 bits per heavy atom. The zero-order valence-corrected chi connectivity index (χ0v) is 35.0. The standard InChI is InChI=1S/C43H76NO10P/c1-3-5-7-8-9-10-11-12-13-14-15-16-20-23-27-33-43(48)54-41(38-53-55(49,50)52-36-35-44)37-51-42(47)34-28-32-40(46)31-26-22-19-17-18-21-25-30-39(45)29-24-6-4-2/h12-13,18-19,21-22,25-26,30-31,39-41,45-46H,3-11,14-17,20,23-24,27-29,32-38,44H2,1-2H3,(H,49,50)/b13-12-,21-18-,22-19-,30-25+,31-26+/t39-,40-,41+/m0/s1. The number of carbonyl (C=O) groups excluding carboxylic acids is 2. The van der Waals surface area contributed by atoms with Gasteiger partial charge in [0.2, 0.25) is 0 Å². The van der Waals surface area contributed by atoms with Crippen molar-refractivity contribution in [2.75, 3.05) is 26.4 Å². The van der Waals surface area contributed by atoms with E-state index in [2.05, 4.69) is 26.0 Å². The Bertz CT molecular complexity index is 1120. The van der Waals surface area contributed by atoms with E-state index in [4.69, 9.17) is 24.3 Å². The molecular weight excluding hydrogens is 721 g/mol. The van der Waals surface area contributed by atoms with Gasteiger partial charge < -0.3 is 30.3 Å². The van der Waals surface area contributed by atoms with E-state index in [9.17, 15) is 29.3 Å². The van der Waals surface area contributed by atoms with Crippen molar-refractivity contribution in [1.29, 1.82) is 0 Å².